The minimum atomic E-state index is -0.654. The number of nitrogens with two attached hydrogens (primary N) is 4. The maximum absolute atomic E-state index is 10.1. The number of ether oxygens (including phenoxy) is 2. The van der Waals surface area contributed by atoms with Gasteiger partial charge in [0, 0.05) is 53.1 Å². The van der Waals surface area contributed by atoms with Crippen LogP contribution in [0.5, 0.6) is 63.2 Å². The predicted molar refractivity (Wildman–Crippen MR) is 204 cm³/mol. The van der Waals surface area contributed by atoms with Gasteiger partial charge in [-0.1, -0.05) is 6.07 Å². The topological polar surface area (TPSA) is 348 Å². The van der Waals surface area contributed by atoms with Gasteiger partial charge in [-0.15, -0.1) is 0 Å². The van der Waals surface area contributed by atoms with Crippen molar-refractivity contribution in [2.75, 3.05) is 29.7 Å². The number of nitro groups is 1. The molecule has 290 valence electrons. The van der Waals surface area contributed by atoms with E-state index in [2.05, 4.69) is 0 Å². The van der Waals surface area contributed by atoms with Crippen LogP contribution in [0.1, 0.15) is 0 Å². The van der Waals surface area contributed by atoms with Gasteiger partial charge in [0.15, 0.2) is 46.0 Å². The van der Waals surface area contributed by atoms with Crippen LogP contribution in [0, 0.1) is 10.1 Å². The molecule has 1 heterocycles. The number of aromatic hydroxyl groups is 9. The molecule has 0 atom stereocenters. The van der Waals surface area contributed by atoms with Gasteiger partial charge < -0.3 is 78.4 Å². The lowest BCUT2D eigenvalue weighted by atomic mass is 10.3. The second kappa shape index (κ2) is 21.2. The minimum Gasteiger partial charge on any atom is -0.508 e. The van der Waals surface area contributed by atoms with Gasteiger partial charge in [0.05, 0.1) is 11.0 Å². The average Bonchev–Trinajstić information content (AvgIpc) is 3.60. The second-order valence-electron chi connectivity index (χ2n) is 10.7. The van der Waals surface area contributed by atoms with Gasteiger partial charge in [-0.2, -0.15) is 0 Å². The zero-order chi connectivity index (χ0) is 41.1. The van der Waals surface area contributed by atoms with Gasteiger partial charge in [-0.3, -0.25) is 10.1 Å². The number of nitrogen functional groups attached to an aromatic ring is 4. The second-order valence-corrected chi connectivity index (χ2v) is 10.7. The number of nitro benzene ring substituents is 1. The van der Waals surface area contributed by atoms with Crippen LogP contribution in [0.25, 0.3) is 0 Å². The SMILES string of the molecule is Nc1ccc(O)c(O)c1.Nc1ccc(O)cc1.Nc1ccc2c(c1)OCO2.Nc1cccc(O)c1.O=[N+]([O-])c1ccc(O)c(O)c1.Oc1ccc(O)c(O)c1. The van der Waals surface area contributed by atoms with Crippen molar-refractivity contribution in [3.05, 3.63) is 131 Å². The van der Waals surface area contributed by atoms with E-state index in [9.17, 15) is 10.1 Å². The van der Waals surface area contributed by atoms with Crippen molar-refractivity contribution in [3.63, 3.8) is 0 Å². The van der Waals surface area contributed by atoms with E-state index in [0.29, 0.717) is 29.5 Å². The first-order valence-electron chi connectivity index (χ1n) is 15.3. The number of hydrogen-bond donors (Lipinski definition) is 13. The van der Waals surface area contributed by atoms with Crippen molar-refractivity contribution in [2.24, 2.45) is 0 Å². The summed E-state index contributed by atoms with van der Waals surface area (Å²) < 4.78 is 10.2. The van der Waals surface area contributed by atoms with Crippen LogP contribution in [-0.4, -0.2) is 57.7 Å². The molecular formula is C37H39N5O13. The zero-order valence-electron chi connectivity index (χ0n) is 28.7. The Morgan fingerprint density at radius 3 is 1.36 bits per heavy atom. The highest BCUT2D eigenvalue weighted by molar-refractivity contribution is 5.53. The Morgan fingerprint density at radius 2 is 0.891 bits per heavy atom. The first-order chi connectivity index (χ1) is 25.9. The number of rotatable bonds is 1. The molecule has 6 aromatic rings. The van der Waals surface area contributed by atoms with Crippen LogP contribution in [0.3, 0.4) is 0 Å². The van der Waals surface area contributed by atoms with Crippen molar-refractivity contribution in [1.82, 2.24) is 0 Å². The number of benzene rings is 6. The molecule has 0 aliphatic carbocycles. The summed E-state index contributed by atoms with van der Waals surface area (Å²) in [6.07, 6.45) is 0. The standard InChI is InChI=1S/C7H7NO2.C6H5NO4.C6H7NO2.2C6H7NO.C6H6O3/c8-5-1-2-6-7(3-5)10-4-9-6;8-5-2-1-4(7(10)11)3-6(5)9;7-4-1-2-5(8)6(9)3-4;7-5-1-3-6(8)4-2-5;7-5-2-1-3-6(8)4-5;7-4-1-2-5(8)6(9)3-4/h1-3H,4,8H2;1-3,8-9H;1-3,8-9H,7H2;2*1-4,8H,7H2;1-3,7-9H. The number of phenols is 9. The molecular weight excluding hydrogens is 722 g/mol. The van der Waals surface area contributed by atoms with E-state index < -0.39 is 10.7 Å². The van der Waals surface area contributed by atoms with Gasteiger partial charge in [0.25, 0.3) is 5.69 Å². The van der Waals surface area contributed by atoms with E-state index in [-0.39, 0.29) is 51.7 Å². The lowest BCUT2D eigenvalue weighted by Gasteiger charge is -1.95. The Hall–Kier alpha value is -8.28. The molecule has 0 amide bonds. The van der Waals surface area contributed by atoms with Gasteiger partial charge >= 0.3 is 0 Å². The van der Waals surface area contributed by atoms with Crippen molar-refractivity contribution in [3.8, 4) is 63.2 Å². The fourth-order valence-corrected chi connectivity index (χ4v) is 3.59. The maximum Gasteiger partial charge on any atom is 0.273 e. The Bertz CT molecular complexity index is 2050. The lowest BCUT2D eigenvalue weighted by Crippen LogP contribution is -1.92. The van der Waals surface area contributed by atoms with E-state index in [0.717, 1.165) is 35.8 Å². The Morgan fingerprint density at radius 1 is 0.436 bits per heavy atom. The molecule has 0 unspecified atom stereocenters. The summed E-state index contributed by atoms with van der Waals surface area (Å²) >= 11 is 0. The van der Waals surface area contributed by atoms with Crippen LogP contribution in [0.15, 0.2) is 121 Å². The Balaban J connectivity index is 0.000000229. The minimum absolute atomic E-state index is 0.0645. The number of non-ortho nitro benzene ring substituents is 1. The van der Waals surface area contributed by atoms with Crippen LogP contribution in [-0.2, 0) is 0 Å². The molecule has 0 saturated heterocycles. The highest BCUT2D eigenvalue weighted by Crippen LogP contribution is 2.33. The van der Waals surface area contributed by atoms with Crippen LogP contribution in [0.2, 0.25) is 0 Å². The summed E-state index contributed by atoms with van der Waals surface area (Å²) in [7, 11) is 0. The van der Waals surface area contributed by atoms with Crippen molar-refractivity contribution < 1.29 is 60.4 Å². The van der Waals surface area contributed by atoms with Crippen molar-refractivity contribution in [2.45, 2.75) is 0 Å². The predicted octanol–water partition coefficient (Wildman–Crippen LogP) is 5.44. The number of phenolic OH excluding ortho intramolecular Hbond substituents is 9. The summed E-state index contributed by atoms with van der Waals surface area (Å²) in [6, 6.07) is 29.0. The first kappa shape index (κ1) is 42.9. The molecule has 6 aromatic carbocycles. The molecule has 0 spiro atoms. The van der Waals surface area contributed by atoms with E-state index in [4.69, 9.17) is 78.4 Å². The third-order valence-corrected chi connectivity index (χ3v) is 6.29. The van der Waals surface area contributed by atoms with Gasteiger partial charge in [-0.25, -0.2) is 0 Å². The Kier molecular flexibility index (Phi) is 16.5. The highest BCUT2D eigenvalue weighted by Gasteiger charge is 2.11. The summed E-state index contributed by atoms with van der Waals surface area (Å²) in [6.45, 7) is 0.304. The van der Waals surface area contributed by atoms with Crippen LogP contribution < -0.4 is 32.4 Å². The molecule has 55 heavy (non-hydrogen) atoms. The lowest BCUT2D eigenvalue weighted by molar-refractivity contribution is -0.385. The summed E-state index contributed by atoms with van der Waals surface area (Å²) in [4.78, 5) is 9.42. The quantitative estimate of drug-likeness (QED) is 0.0326. The molecule has 1 aliphatic rings. The van der Waals surface area contributed by atoms with Crippen LogP contribution >= 0.6 is 0 Å². The summed E-state index contributed by atoms with van der Waals surface area (Å²) in [5.41, 5.74) is 23.5. The largest absolute Gasteiger partial charge is 0.508 e. The van der Waals surface area contributed by atoms with Crippen molar-refractivity contribution in [1.29, 1.82) is 0 Å². The van der Waals surface area contributed by atoms with Gasteiger partial charge in [0.1, 0.15) is 17.2 Å². The third-order valence-electron chi connectivity index (χ3n) is 6.29. The van der Waals surface area contributed by atoms with Gasteiger partial charge in [-0.05, 0) is 78.9 Å². The fourth-order valence-electron chi connectivity index (χ4n) is 3.59. The van der Waals surface area contributed by atoms with Crippen molar-refractivity contribution >= 4 is 28.4 Å². The molecule has 0 aromatic heterocycles. The summed E-state index contributed by atoms with van der Waals surface area (Å²) in [5, 5.41) is 88.6. The van der Waals surface area contributed by atoms with E-state index >= 15 is 0 Å². The molecule has 0 fully saturated rings. The molecule has 18 nitrogen and oxygen atoms in total. The van der Waals surface area contributed by atoms with E-state index in [1.54, 1.807) is 60.7 Å². The van der Waals surface area contributed by atoms with E-state index in [1.165, 1.54) is 36.4 Å². The monoisotopic (exact) mass is 761 g/mol. The molecule has 1 aliphatic heterocycles. The van der Waals surface area contributed by atoms with E-state index in [1.807, 2.05) is 0 Å². The molecule has 7 rings (SSSR count). The number of hydrogen-bond acceptors (Lipinski definition) is 17. The fraction of sp³-hybridized carbons (Fsp3) is 0.0270. The van der Waals surface area contributed by atoms with Gasteiger partial charge in [0.2, 0.25) is 6.79 Å². The number of fused-ring (bicyclic) bond motifs is 1. The Labute approximate surface area is 312 Å². The molecule has 0 saturated carbocycles. The third kappa shape index (κ3) is 16.1. The molecule has 18 heteroatoms. The normalized spacial score (nSPS) is 10.0. The smallest absolute Gasteiger partial charge is 0.273 e. The first-order valence-corrected chi connectivity index (χ1v) is 15.3. The number of nitrogens with zero attached hydrogens (tertiary/aromatic N) is 1. The van der Waals surface area contributed by atoms with Crippen LogP contribution in [0.4, 0.5) is 28.4 Å². The molecule has 0 bridgehead atoms. The average molecular weight is 762 g/mol. The molecule has 0 radical (unpaired) electrons. The maximum atomic E-state index is 10.1. The summed E-state index contributed by atoms with van der Waals surface area (Å²) in [5.74, 6) is 0.181. The zero-order valence-corrected chi connectivity index (χ0v) is 28.7. The highest BCUT2D eigenvalue weighted by atomic mass is 16.7. The number of anilines is 4. The molecule has 17 N–H and O–H groups in total.